The van der Waals surface area contributed by atoms with Gasteiger partial charge in [0.15, 0.2) is 25.0 Å². The maximum absolute atomic E-state index is 6.99. The van der Waals surface area contributed by atoms with E-state index >= 15 is 0 Å². The molecule has 0 aliphatic carbocycles. The molecule has 0 heterocycles. The molecule has 0 N–H and O–H groups in total. The van der Waals surface area contributed by atoms with Gasteiger partial charge in [-0.3, -0.25) is 0 Å². The summed E-state index contributed by atoms with van der Waals surface area (Å²) in [5.74, 6) is 0. The number of hydrogen-bond acceptors (Lipinski definition) is 3. The fraction of sp³-hybridized carbons (Fsp3) is 1.00. The van der Waals surface area contributed by atoms with Crippen LogP contribution in [-0.2, 0) is 13.0 Å². The Hall–Kier alpha value is 0.596. The van der Waals surface area contributed by atoms with Crippen molar-refractivity contribution in [3.63, 3.8) is 0 Å². The van der Waals surface area contributed by atoms with Gasteiger partial charge in [-0.2, -0.15) is 0 Å². The third kappa shape index (κ3) is 11.1. The molecule has 3 nitrogen and oxygen atoms in total. The van der Waals surface area contributed by atoms with Gasteiger partial charge in [-0.05, 0) is 55.9 Å². The second-order valence-electron chi connectivity index (χ2n) is 9.62. The molecule has 0 aliphatic rings. The topological polar surface area (TPSA) is 27.7 Å². The lowest BCUT2D eigenvalue weighted by molar-refractivity contribution is 0.286. The molecule has 0 unspecified atom stereocenters. The quantitative estimate of drug-likeness (QED) is 0.199. The van der Waals surface area contributed by atoms with E-state index in [1.54, 1.807) is 0 Å². The van der Waals surface area contributed by atoms with Crippen molar-refractivity contribution in [2.24, 2.45) is 0 Å². The third-order valence-electron chi connectivity index (χ3n) is 5.38. The molecule has 0 amide bonds. The molecule has 0 saturated heterocycles. The van der Waals surface area contributed by atoms with Gasteiger partial charge in [0.1, 0.15) is 0 Å². The van der Waals surface area contributed by atoms with Crippen LogP contribution in [0.3, 0.4) is 0 Å². The van der Waals surface area contributed by atoms with Gasteiger partial charge in [-0.15, -0.1) is 0 Å². The van der Waals surface area contributed by atoms with Crippen molar-refractivity contribution in [1.29, 1.82) is 0 Å². The first kappa shape index (κ1) is 28.6. The molecule has 0 radical (unpaired) electrons. The second kappa shape index (κ2) is 14.6. The third-order valence-corrected chi connectivity index (χ3v) is 16.1. The Labute approximate surface area is 181 Å². The van der Waals surface area contributed by atoms with E-state index in [9.17, 15) is 0 Å². The van der Waals surface area contributed by atoms with Gasteiger partial charge in [0.2, 0.25) is 0 Å². The molecule has 7 heteroatoms. The van der Waals surface area contributed by atoms with Crippen molar-refractivity contribution >= 4 is 32.3 Å². The maximum atomic E-state index is 6.99. The summed E-state index contributed by atoms with van der Waals surface area (Å²) in [6, 6.07) is 7.38. The van der Waals surface area contributed by atoms with Crippen LogP contribution in [0.5, 0.6) is 0 Å². The molecule has 0 aromatic carbocycles. The zero-order valence-electron chi connectivity index (χ0n) is 20.8. The SMILES string of the molecule is CCC[Si](CCC)(CCC)OB(O[Si](C)(C)C)O[Si](CCC)(CCC)CCC. The fourth-order valence-electron chi connectivity index (χ4n) is 4.61. The Morgan fingerprint density at radius 1 is 0.464 bits per heavy atom. The van der Waals surface area contributed by atoms with Gasteiger partial charge >= 0.3 is 7.32 Å². The average molecular weight is 447 g/mol. The van der Waals surface area contributed by atoms with Crippen LogP contribution in [0.25, 0.3) is 0 Å². The molecule has 0 aromatic heterocycles. The molecule has 0 spiro atoms. The van der Waals surface area contributed by atoms with Gasteiger partial charge in [-0.25, -0.2) is 0 Å². The lowest BCUT2D eigenvalue weighted by atomic mass is 10.3. The van der Waals surface area contributed by atoms with E-state index in [0.717, 1.165) is 0 Å². The van der Waals surface area contributed by atoms with E-state index in [0.29, 0.717) is 0 Å². The van der Waals surface area contributed by atoms with Crippen LogP contribution in [0.2, 0.25) is 55.9 Å². The van der Waals surface area contributed by atoms with Crippen LogP contribution in [0, 0.1) is 0 Å². The zero-order chi connectivity index (χ0) is 21.7. The Balaban J connectivity index is 5.79. The lowest BCUT2D eigenvalue weighted by Gasteiger charge is -2.40. The molecule has 0 aromatic rings. The molecule has 168 valence electrons. The van der Waals surface area contributed by atoms with Crippen molar-refractivity contribution < 1.29 is 13.0 Å². The van der Waals surface area contributed by atoms with Gasteiger partial charge in [0.05, 0.1) is 0 Å². The van der Waals surface area contributed by atoms with Crippen LogP contribution >= 0.6 is 0 Å². The minimum Gasteiger partial charge on any atom is -0.430 e. The highest BCUT2D eigenvalue weighted by Crippen LogP contribution is 2.33. The Morgan fingerprint density at radius 2 is 0.714 bits per heavy atom. The van der Waals surface area contributed by atoms with Crippen molar-refractivity contribution in [3.05, 3.63) is 0 Å². The first-order valence-electron chi connectivity index (χ1n) is 12.2. The molecular weight excluding hydrogens is 395 g/mol. The molecule has 0 fully saturated rings. The van der Waals surface area contributed by atoms with Crippen molar-refractivity contribution in [1.82, 2.24) is 0 Å². The van der Waals surface area contributed by atoms with E-state index in [1.165, 1.54) is 74.8 Å². The Morgan fingerprint density at radius 3 is 0.893 bits per heavy atom. The minimum absolute atomic E-state index is 0.417. The van der Waals surface area contributed by atoms with E-state index < -0.39 is 32.3 Å². The smallest absolute Gasteiger partial charge is 0.430 e. The van der Waals surface area contributed by atoms with Crippen LogP contribution in [0.1, 0.15) is 80.1 Å². The first-order valence-corrected chi connectivity index (χ1v) is 20.7. The van der Waals surface area contributed by atoms with E-state index in [-0.39, 0.29) is 0 Å². The summed E-state index contributed by atoms with van der Waals surface area (Å²) < 4.78 is 20.6. The highest BCUT2D eigenvalue weighted by atomic mass is 28.4. The molecule has 0 aliphatic heterocycles. The van der Waals surface area contributed by atoms with Crippen molar-refractivity contribution in [2.45, 2.75) is 136 Å². The van der Waals surface area contributed by atoms with Crippen LogP contribution < -0.4 is 0 Å². The number of hydrogen-bond donors (Lipinski definition) is 0. The van der Waals surface area contributed by atoms with Crippen molar-refractivity contribution in [3.8, 4) is 0 Å². The monoisotopic (exact) mass is 446 g/mol. The largest absolute Gasteiger partial charge is 0.606 e. The maximum Gasteiger partial charge on any atom is 0.606 e. The Kier molecular flexibility index (Phi) is 14.9. The summed E-state index contributed by atoms with van der Waals surface area (Å²) in [6.45, 7) is 20.6. The highest BCUT2D eigenvalue weighted by Gasteiger charge is 2.45. The molecule has 0 bridgehead atoms. The van der Waals surface area contributed by atoms with E-state index in [1.807, 2.05) is 0 Å². The predicted molar refractivity (Wildman–Crippen MR) is 134 cm³/mol. The lowest BCUT2D eigenvalue weighted by Crippen LogP contribution is -2.54. The van der Waals surface area contributed by atoms with E-state index in [4.69, 9.17) is 13.0 Å². The van der Waals surface area contributed by atoms with Gasteiger partial charge < -0.3 is 13.0 Å². The molecule has 0 atom stereocenters. The average Bonchev–Trinajstić information content (AvgIpc) is 2.54. The highest BCUT2D eigenvalue weighted by molar-refractivity contribution is 6.85. The summed E-state index contributed by atoms with van der Waals surface area (Å²) in [7, 11) is -5.85. The minimum atomic E-state index is -1.83. The summed E-state index contributed by atoms with van der Waals surface area (Å²) in [4.78, 5) is 0. The van der Waals surface area contributed by atoms with Gasteiger partial charge in [0.25, 0.3) is 0 Å². The first-order chi connectivity index (χ1) is 13.1. The molecule has 0 saturated carbocycles. The molecule has 0 rings (SSSR count). The van der Waals surface area contributed by atoms with Crippen LogP contribution in [0.4, 0.5) is 0 Å². The summed E-state index contributed by atoms with van der Waals surface area (Å²) >= 11 is 0. The van der Waals surface area contributed by atoms with Crippen LogP contribution in [-0.4, -0.2) is 32.3 Å². The van der Waals surface area contributed by atoms with Crippen molar-refractivity contribution in [2.75, 3.05) is 0 Å². The summed E-state index contributed by atoms with van der Waals surface area (Å²) in [5, 5.41) is 0. The molecule has 28 heavy (non-hydrogen) atoms. The summed E-state index contributed by atoms with van der Waals surface area (Å²) in [6.07, 6.45) is 7.21. The Bertz CT molecular complexity index is 330. The van der Waals surface area contributed by atoms with Crippen LogP contribution in [0.15, 0.2) is 0 Å². The normalized spacial score (nSPS) is 13.2. The number of rotatable bonds is 18. The zero-order valence-corrected chi connectivity index (χ0v) is 23.8. The second-order valence-corrected chi connectivity index (χ2v) is 22.3. The summed E-state index contributed by atoms with van der Waals surface area (Å²) in [5.41, 5.74) is 0. The van der Waals surface area contributed by atoms with Gasteiger partial charge in [-0.1, -0.05) is 80.1 Å². The molecular formula is C21H51BO3Si3. The fourth-order valence-corrected chi connectivity index (χ4v) is 14.3. The predicted octanol–water partition coefficient (Wildman–Crippen LogP) is 8.21. The standard InChI is InChI=1S/C21H51BO3Si3/c1-10-16-27(17-11-2,18-12-3)24-22(23-26(7,8)9)25-28(19-13-4,20-14-5)21-15-6/h10-21H2,1-9H3. The van der Waals surface area contributed by atoms with Gasteiger partial charge in [0, 0.05) is 0 Å². The van der Waals surface area contributed by atoms with E-state index in [2.05, 4.69) is 61.2 Å².